The third kappa shape index (κ3) is 3.17. The number of nitrogens with two attached hydrogens (primary N) is 1. The summed E-state index contributed by atoms with van der Waals surface area (Å²) in [4.78, 5) is 16.0. The Hall–Kier alpha value is -1.62. The number of nitrogens with one attached hydrogen (secondary N) is 2. The van der Waals surface area contributed by atoms with E-state index in [1.807, 2.05) is 0 Å². The van der Waals surface area contributed by atoms with Gasteiger partial charge in [-0.3, -0.25) is 10.6 Å². The normalized spacial score (nSPS) is 16.5. The zero-order chi connectivity index (χ0) is 12.1. The minimum Gasteiger partial charge on any atom is -0.323 e. The second-order valence-corrected chi connectivity index (χ2v) is 4.40. The van der Waals surface area contributed by atoms with Gasteiger partial charge in [-0.2, -0.15) is 0 Å². The summed E-state index contributed by atoms with van der Waals surface area (Å²) < 4.78 is 0. The van der Waals surface area contributed by atoms with Crippen molar-refractivity contribution in [1.82, 2.24) is 4.98 Å². The summed E-state index contributed by atoms with van der Waals surface area (Å²) in [6.07, 6.45) is 7.14. The van der Waals surface area contributed by atoms with Gasteiger partial charge < -0.3 is 10.7 Å². The third-order valence-electron chi connectivity index (χ3n) is 3.16. The molecule has 1 heterocycles. The molecular weight excluding hydrogens is 216 g/mol. The van der Waals surface area contributed by atoms with E-state index >= 15 is 0 Å². The van der Waals surface area contributed by atoms with Gasteiger partial charge in [0, 0.05) is 5.92 Å². The van der Waals surface area contributed by atoms with Crippen molar-refractivity contribution in [3.05, 3.63) is 18.3 Å². The molecule has 17 heavy (non-hydrogen) atoms. The van der Waals surface area contributed by atoms with Crippen LogP contribution in [0, 0.1) is 5.92 Å². The summed E-state index contributed by atoms with van der Waals surface area (Å²) in [5, 5.41) is 2.84. The summed E-state index contributed by atoms with van der Waals surface area (Å²) >= 11 is 0. The number of hydrazine groups is 1. The van der Waals surface area contributed by atoms with E-state index in [-0.39, 0.29) is 11.8 Å². The SMILES string of the molecule is NNc1ccc(NC(=O)C2CCCCC2)nc1. The minimum absolute atomic E-state index is 0.0886. The van der Waals surface area contributed by atoms with Crippen LogP contribution in [0.2, 0.25) is 0 Å². The Labute approximate surface area is 101 Å². The first-order chi connectivity index (χ1) is 8.29. The number of pyridine rings is 1. The molecule has 0 unspecified atom stereocenters. The lowest BCUT2D eigenvalue weighted by Gasteiger charge is -2.20. The Kier molecular flexibility index (Phi) is 3.93. The summed E-state index contributed by atoms with van der Waals surface area (Å²) in [6.45, 7) is 0. The maximum atomic E-state index is 11.9. The van der Waals surface area contributed by atoms with Crippen molar-refractivity contribution in [2.75, 3.05) is 10.7 Å². The Bertz CT molecular complexity index is 371. The molecule has 0 radical (unpaired) electrons. The van der Waals surface area contributed by atoms with Gasteiger partial charge in [0.25, 0.3) is 0 Å². The van der Waals surface area contributed by atoms with E-state index in [1.165, 1.54) is 6.42 Å². The quantitative estimate of drug-likeness (QED) is 0.551. The number of rotatable bonds is 3. The summed E-state index contributed by atoms with van der Waals surface area (Å²) in [5.74, 6) is 6.06. The molecule has 0 aromatic carbocycles. The van der Waals surface area contributed by atoms with Gasteiger partial charge >= 0.3 is 0 Å². The lowest BCUT2D eigenvalue weighted by atomic mass is 9.89. The van der Waals surface area contributed by atoms with Crippen LogP contribution in [0.25, 0.3) is 0 Å². The molecule has 1 aromatic rings. The van der Waals surface area contributed by atoms with Crippen LogP contribution in [0.3, 0.4) is 0 Å². The zero-order valence-corrected chi connectivity index (χ0v) is 9.78. The number of hydrogen-bond acceptors (Lipinski definition) is 4. The standard InChI is InChI=1S/C12H18N4O/c13-16-10-6-7-11(14-8-10)15-12(17)9-4-2-1-3-5-9/h6-9,16H,1-5,13H2,(H,14,15,17). The van der Waals surface area contributed by atoms with E-state index in [0.717, 1.165) is 31.4 Å². The minimum atomic E-state index is 0.0886. The fourth-order valence-corrected chi connectivity index (χ4v) is 2.15. The largest absolute Gasteiger partial charge is 0.323 e. The Morgan fingerprint density at radius 2 is 2.06 bits per heavy atom. The zero-order valence-electron chi connectivity index (χ0n) is 9.78. The predicted octanol–water partition coefficient (Wildman–Crippen LogP) is 1.89. The van der Waals surface area contributed by atoms with Crippen LogP contribution in [0.1, 0.15) is 32.1 Å². The number of nitrogens with zero attached hydrogens (tertiary/aromatic N) is 1. The highest BCUT2D eigenvalue weighted by Crippen LogP contribution is 2.24. The monoisotopic (exact) mass is 234 g/mol. The molecule has 1 amide bonds. The number of hydrogen-bond donors (Lipinski definition) is 3. The first-order valence-electron chi connectivity index (χ1n) is 6.03. The Morgan fingerprint density at radius 1 is 1.29 bits per heavy atom. The van der Waals surface area contributed by atoms with Crippen molar-refractivity contribution >= 4 is 17.4 Å². The number of nitrogen functional groups attached to an aromatic ring is 1. The molecular formula is C12H18N4O. The molecule has 0 spiro atoms. The van der Waals surface area contributed by atoms with Crippen molar-refractivity contribution in [3.63, 3.8) is 0 Å². The van der Waals surface area contributed by atoms with Crippen LogP contribution < -0.4 is 16.6 Å². The van der Waals surface area contributed by atoms with Gasteiger partial charge in [0.2, 0.25) is 5.91 Å². The van der Waals surface area contributed by atoms with Crippen LogP contribution in [0.15, 0.2) is 18.3 Å². The van der Waals surface area contributed by atoms with Gasteiger partial charge in [0.05, 0.1) is 11.9 Å². The van der Waals surface area contributed by atoms with E-state index < -0.39 is 0 Å². The molecule has 1 aliphatic rings. The molecule has 1 saturated carbocycles. The maximum absolute atomic E-state index is 11.9. The number of carbonyl (C=O) groups excluding carboxylic acids is 1. The van der Waals surface area contributed by atoms with Gasteiger partial charge in [0.1, 0.15) is 5.82 Å². The average molecular weight is 234 g/mol. The Balaban J connectivity index is 1.92. The number of aromatic nitrogens is 1. The van der Waals surface area contributed by atoms with Gasteiger partial charge in [-0.05, 0) is 25.0 Å². The molecule has 1 aromatic heterocycles. The molecule has 0 atom stereocenters. The maximum Gasteiger partial charge on any atom is 0.228 e. The molecule has 0 saturated heterocycles. The highest BCUT2D eigenvalue weighted by molar-refractivity contribution is 5.91. The van der Waals surface area contributed by atoms with Crippen LogP contribution in [-0.4, -0.2) is 10.9 Å². The molecule has 1 fully saturated rings. The fraction of sp³-hybridized carbons (Fsp3) is 0.500. The smallest absolute Gasteiger partial charge is 0.228 e. The molecule has 0 aliphatic heterocycles. The van der Waals surface area contributed by atoms with Crippen molar-refractivity contribution < 1.29 is 4.79 Å². The van der Waals surface area contributed by atoms with Gasteiger partial charge in [-0.15, -0.1) is 0 Å². The van der Waals surface area contributed by atoms with E-state index in [2.05, 4.69) is 15.7 Å². The number of amides is 1. The average Bonchev–Trinajstić information content (AvgIpc) is 2.40. The first-order valence-corrected chi connectivity index (χ1v) is 6.03. The van der Waals surface area contributed by atoms with Crippen molar-refractivity contribution in [1.29, 1.82) is 0 Å². The van der Waals surface area contributed by atoms with E-state index in [4.69, 9.17) is 5.84 Å². The van der Waals surface area contributed by atoms with Gasteiger partial charge in [-0.25, -0.2) is 4.98 Å². The summed E-state index contributed by atoms with van der Waals surface area (Å²) in [7, 11) is 0. The Morgan fingerprint density at radius 3 is 2.65 bits per heavy atom. The van der Waals surface area contributed by atoms with Crippen LogP contribution >= 0.6 is 0 Å². The molecule has 2 rings (SSSR count). The van der Waals surface area contributed by atoms with Crippen molar-refractivity contribution in [3.8, 4) is 0 Å². The molecule has 4 N–H and O–H groups in total. The molecule has 0 bridgehead atoms. The lowest BCUT2D eigenvalue weighted by Crippen LogP contribution is -2.25. The highest BCUT2D eigenvalue weighted by atomic mass is 16.1. The topological polar surface area (TPSA) is 80.0 Å². The first kappa shape index (κ1) is 11.9. The fourth-order valence-electron chi connectivity index (χ4n) is 2.15. The molecule has 5 nitrogen and oxygen atoms in total. The van der Waals surface area contributed by atoms with E-state index in [9.17, 15) is 4.79 Å². The van der Waals surface area contributed by atoms with E-state index in [1.54, 1.807) is 18.3 Å². The summed E-state index contributed by atoms with van der Waals surface area (Å²) in [5.41, 5.74) is 3.22. The third-order valence-corrected chi connectivity index (χ3v) is 3.16. The number of carbonyl (C=O) groups is 1. The summed E-state index contributed by atoms with van der Waals surface area (Å²) in [6, 6.07) is 3.53. The van der Waals surface area contributed by atoms with Gasteiger partial charge in [-0.1, -0.05) is 19.3 Å². The highest BCUT2D eigenvalue weighted by Gasteiger charge is 2.21. The van der Waals surface area contributed by atoms with Crippen LogP contribution in [-0.2, 0) is 4.79 Å². The number of anilines is 2. The van der Waals surface area contributed by atoms with Crippen molar-refractivity contribution in [2.45, 2.75) is 32.1 Å². The van der Waals surface area contributed by atoms with E-state index in [0.29, 0.717) is 5.82 Å². The van der Waals surface area contributed by atoms with Crippen LogP contribution in [0.4, 0.5) is 11.5 Å². The second-order valence-electron chi connectivity index (χ2n) is 4.40. The van der Waals surface area contributed by atoms with Crippen molar-refractivity contribution in [2.24, 2.45) is 11.8 Å². The van der Waals surface area contributed by atoms with Gasteiger partial charge in [0.15, 0.2) is 0 Å². The lowest BCUT2D eigenvalue weighted by molar-refractivity contribution is -0.120. The molecule has 1 aliphatic carbocycles. The predicted molar refractivity (Wildman–Crippen MR) is 67.3 cm³/mol. The molecule has 92 valence electrons. The molecule has 5 heteroatoms. The second kappa shape index (κ2) is 5.63. The van der Waals surface area contributed by atoms with Crippen LogP contribution in [0.5, 0.6) is 0 Å².